The average molecular weight is 415 g/mol. The fourth-order valence-corrected chi connectivity index (χ4v) is 4.39. The first-order valence-corrected chi connectivity index (χ1v) is 9.41. The summed E-state index contributed by atoms with van der Waals surface area (Å²) in [6.45, 7) is 0. The Morgan fingerprint density at radius 1 is 1.21 bits per heavy atom. The van der Waals surface area contributed by atoms with Crippen molar-refractivity contribution in [3.05, 3.63) is 29.6 Å². The van der Waals surface area contributed by atoms with Crippen molar-refractivity contribution in [1.29, 1.82) is 0 Å². The first-order chi connectivity index (χ1) is 13.6. The van der Waals surface area contributed by atoms with Crippen LogP contribution >= 0.6 is 0 Å². The molecule has 1 atom stereocenters. The number of amides is 1. The van der Waals surface area contributed by atoms with Crippen LogP contribution in [0.4, 0.5) is 22.0 Å². The highest BCUT2D eigenvalue weighted by Crippen LogP contribution is 2.43. The summed E-state index contributed by atoms with van der Waals surface area (Å²) in [5.74, 6) is -4.89. The van der Waals surface area contributed by atoms with Gasteiger partial charge < -0.3 is 5.32 Å². The Labute approximate surface area is 162 Å². The molecule has 1 N–H and O–H groups in total. The summed E-state index contributed by atoms with van der Waals surface area (Å²) < 4.78 is 70.2. The maximum Gasteiger partial charge on any atom is 0.438 e. The van der Waals surface area contributed by atoms with E-state index in [1.165, 1.54) is 0 Å². The van der Waals surface area contributed by atoms with E-state index in [4.69, 9.17) is 0 Å². The third kappa shape index (κ3) is 3.08. The zero-order valence-electron chi connectivity index (χ0n) is 15.3. The number of carbonyl (C=O) groups is 2. The van der Waals surface area contributed by atoms with Crippen LogP contribution in [0.3, 0.4) is 0 Å². The van der Waals surface area contributed by atoms with E-state index in [9.17, 15) is 31.5 Å². The lowest BCUT2D eigenvalue weighted by atomic mass is 10.00. The molecule has 1 fully saturated rings. The summed E-state index contributed by atoms with van der Waals surface area (Å²) >= 11 is 0. The van der Waals surface area contributed by atoms with Gasteiger partial charge in [-0.3, -0.25) is 14.2 Å². The van der Waals surface area contributed by atoms with Gasteiger partial charge in [-0.15, -0.1) is 0 Å². The van der Waals surface area contributed by atoms with Crippen LogP contribution < -0.4 is 5.32 Å². The summed E-state index contributed by atoms with van der Waals surface area (Å²) in [7, 11) is 0. The van der Waals surface area contributed by atoms with Crippen LogP contribution in [0.2, 0.25) is 0 Å². The Kier molecular flexibility index (Phi) is 4.62. The van der Waals surface area contributed by atoms with E-state index in [1.807, 2.05) is 5.32 Å². The number of fused-ring (bicyclic) bond motifs is 3. The number of rotatable bonds is 4. The molecule has 2 heterocycles. The van der Waals surface area contributed by atoms with E-state index >= 15 is 0 Å². The smallest absolute Gasteiger partial charge is 0.319 e. The third-order valence-corrected chi connectivity index (χ3v) is 5.81. The summed E-state index contributed by atoms with van der Waals surface area (Å²) in [4.78, 5) is 28.8. The molecular formula is C19H18F5N3O2. The number of Topliss-reactive ketones (excluding diaryl/α,β-unsaturated/α-hetero) is 1. The Bertz CT molecular complexity index is 994. The molecular weight excluding hydrogens is 397 g/mol. The Hall–Kier alpha value is -2.52. The molecule has 4 rings (SSSR count). The van der Waals surface area contributed by atoms with Gasteiger partial charge in [-0.1, -0.05) is 25.7 Å². The quantitative estimate of drug-likeness (QED) is 0.774. The number of nitrogens with one attached hydrogen (secondary N) is 1. The molecule has 0 saturated heterocycles. The topological polar surface area (TPSA) is 64.0 Å². The molecule has 0 bridgehead atoms. The lowest BCUT2D eigenvalue weighted by Gasteiger charge is -2.33. The number of hydrogen-bond donors (Lipinski definition) is 1. The van der Waals surface area contributed by atoms with E-state index in [0.717, 1.165) is 25.7 Å². The molecule has 1 saturated carbocycles. The van der Waals surface area contributed by atoms with Gasteiger partial charge in [0.2, 0.25) is 5.91 Å². The largest absolute Gasteiger partial charge is 0.438 e. The molecule has 0 spiro atoms. The van der Waals surface area contributed by atoms with Crippen LogP contribution in [0, 0.1) is 17.6 Å². The van der Waals surface area contributed by atoms with Gasteiger partial charge in [-0.25, -0.2) is 13.8 Å². The number of nitrogens with zero attached hydrogens (tertiary/aromatic N) is 2. The second kappa shape index (κ2) is 6.77. The van der Waals surface area contributed by atoms with Crippen LogP contribution in [0.5, 0.6) is 0 Å². The van der Waals surface area contributed by atoms with Crippen LogP contribution in [-0.4, -0.2) is 27.4 Å². The first-order valence-electron chi connectivity index (χ1n) is 9.41. The van der Waals surface area contributed by atoms with Crippen molar-refractivity contribution in [3.63, 3.8) is 0 Å². The molecule has 0 radical (unpaired) electrons. The fraction of sp³-hybridized carbons (Fsp3) is 0.526. The van der Waals surface area contributed by atoms with Crippen molar-refractivity contribution >= 4 is 22.7 Å². The van der Waals surface area contributed by atoms with Gasteiger partial charge in [0.05, 0.1) is 17.5 Å². The minimum Gasteiger partial charge on any atom is -0.319 e. The van der Waals surface area contributed by atoms with Gasteiger partial charge in [-0.05, 0) is 12.3 Å². The van der Waals surface area contributed by atoms with Gasteiger partial charge in [0.15, 0.2) is 17.4 Å². The molecule has 1 unspecified atom stereocenters. The number of alkyl halides is 3. The number of hydrogen-bond acceptors (Lipinski definition) is 3. The van der Waals surface area contributed by atoms with E-state index in [2.05, 4.69) is 4.98 Å². The number of aromatic nitrogens is 2. The molecule has 1 aliphatic heterocycles. The predicted molar refractivity (Wildman–Crippen MR) is 91.7 cm³/mol. The Balaban J connectivity index is 1.74. The highest BCUT2D eigenvalue weighted by Gasteiger charge is 2.66. The summed E-state index contributed by atoms with van der Waals surface area (Å²) in [6.07, 6.45) is -1.70. The fourth-order valence-electron chi connectivity index (χ4n) is 4.39. The van der Waals surface area contributed by atoms with Crippen molar-refractivity contribution in [2.24, 2.45) is 5.92 Å². The second-order valence-electron chi connectivity index (χ2n) is 7.66. The molecule has 10 heteroatoms. The zero-order chi connectivity index (χ0) is 21.0. The predicted octanol–water partition coefficient (Wildman–Crippen LogP) is 3.74. The number of carbonyl (C=O) groups excluding carboxylic acids is 2. The van der Waals surface area contributed by atoms with Gasteiger partial charge in [0.1, 0.15) is 5.82 Å². The SMILES string of the molecule is O=C(CCC1CCCC1)NC1(C(F)(F)F)C(=O)Cc2nc3cc(F)c(F)cc3n21. The summed E-state index contributed by atoms with van der Waals surface area (Å²) in [5, 5.41) is 1.87. The van der Waals surface area contributed by atoms with Crippen LogP contribution in [0.15, 0.2) is 12.1 Å². The van der Waals surface area contributed by atoms with Crippen LogP contribution in [0.1, 0.15) is 44.3 Å². The maximum atomic E-state index is 14.2. The van der Waals surface area contributed by atoms with Gasteiger partial charge >= 0.3 is 6.18 Å². The standard InChI is InChI=1S/C19H18F5N3O2/c20-11-7-13-14(8-12(11)21)27-16(25-13)9-15(28)18(27,19(22,23)24)26-17(29)6-5-10-3-1-2-4-10/h7-8,10H,1-6,9H2,(H,26,29). The van der Waals surface area contributed by atoms with Crippen molar-refractivity contribution in [2.45, 2.75) is 56.8 Å². The molecule has 1 aromatic carbocycles. The highest BCUT2D eigenvalue weighted by molar-refractivity contribution is 5.97. The van der Waals surface area contributed by atoms with Crippen LogP contribution in [-0.2, 0) is 21.7 Å². The summed E-state index contributed by atoms with van der Waals surface area (Å²) in [5.41, 5.74) is -4.01. The molecule has 2 aromatic rings. The van der Waals surface area contributed by atoms with Crippen molar-refractivity contribution in [3.8, 4) is 0 Å². The lowest BCUT2D eigenvalue weighted by molar-refractivity contribution is -0.218. The average Bonchev–Trinajstić information content (AvgIpc) is 3.31. The molecule has 1 aliphatic carbocycles. The lowest BCUT2D eigenvalue weighted by Crippen LogP contribution is -2.62. The second-order valence-corrected chi connectivity index (χ2v) is 7.66. The number of imidazole rings is 1. The monoisotopic (exact) mass is 415 g/mol. The molecule has 156 valence electrons. The van der Waals surface area contributed by atoms with Crippen molar-refractivity contribution in [2.75, 3.05) is 0 Å². The highest BCUT2D eigenvalue weighted by atomic mass is 19.4. The Morgan fingerprint density at radius 2 is 1.86 bits per heavy atom. The summed E-state index contributed by atoms with van der Waals surface area (Å²) in [6, 6.07) is 1.23. The maximum absolute atomic E-state index is 14.2. The minimum absolute atomic E-state index is 0.152. The minimum atomic E-state index is -5.20. The van der Waals surface area contributed by atoms with E-state index in [0.29, 0.717) is 23.1 Å². The van der Waals surface area contributed by atoms with Gasteiger partial charge in [0.25, 0.3) is 5.66 Å². The van der Waals surface area contributed by atoms with Crippen LogP contribution in [0.25, 0.3) is 11.0 Å². The molecule has 1 amide bonds. The molecule has 29 heavy (non-hydrogen) atoms. The third-order valence-electron chi connectivity index (χ3n) is 5.81. The number of halogens is 5. The zero-order valence-corrected chi connectivity index (χ0v) is 15.3. The number of benzene rings is 1. The van der Waals surface area contributed by atoms with E-state index < -0.39 is 47.1 Å². The molecule has 2 aliphatic rings. The van der Waals surface area contributed by atoms with E-state index in [1.54, 1.807) is 0 Å². The normalized spacial score (nSPS) is 22.4. The van der Waals surface area contributed by atoms with E-state index in [-0.39, 0.29) is 23.7 Å². The van der Waals surface area contributed by atoms with Gasteiger partial charge in [0, 0.05) is 18.6 Å². The molecule has 1 aromatic heterocycles. The Morgan fingerprint density at radius 3 is 2.52 bits per heavy atom. The number of ketones is 1. The van der Waals surface area contributed by atoms with Gasteiger partial charge in [-0.2, -0.15) is 13.2 Å². The molecule has 5 nitrogen and oxygen atoms in total. The van der Waals surface area contributed by atoms with Crippen molar-refractivity contribution in [1.82, 2.24) is 14.9 Å². The van der Waals surface area contributed by atoms with Crippen molar-refractivity contribution < 1.29 is 31.5 Å². The first kappa shape index (κ1) is 19.8.